The van der Waals surface area contributed by atoms with Crippen LogP contribution < -0.4 is 14.8 Å². The standard InChI is InChI=1S/C21H16N4O3S/c1-13-8-9-22-25(13)16-5-2-14(3-6-16)20(26)24-21-23-17(11-29-21)15-4-7-18-19(10-15)28-12-27-18/h2-11H,12H2,1H3,(H,23,24,26). The van der Waals surface area contributed by atoms with Crippen LogP contribution in [0.1, 0.15) is 16.1 Å². The van der Waals surface area contributed by atoms with Crippen LogP contribution >= 0.6 is 11.3 Å². The van der Waals surface area contributed by atoms with E-state index < -0.39 is 0 Å². The topological polar surface area (TPSA) is 78.3 Å². The third-order valence-corrected chi connectivity index (χ3v) is 5.36. The molecule has 0 fully saturated rings. The number of ether oxygens (including phenoxy) is 2. The van der Waals surface area contributed by atoms with Gasteiger partial charge in [-0.05, 0) is 55.5 Å². The Morgan fingerprint density at radius 2 is 1.93 bits per heavy atom. The molecule has 2 aromatic carbocycles. The molecule has 0 atom stereocenters. The lowest BCUT2D eigenvalue weighted by atomic mass is 10.1. The number of carbonyl (C=O) groups is 1. The summed E-state index contributed by atoms with van der Waals surface area (Å²) >= 11 is 1.37. The summed E-state index contributed by atoms with van der Waals surface area (Å²) in [5, 5.41) is 9.57. The number of rotatable bonds is 4. The number of aromatic nitrogens is 3. The molecule has 0 saturated heterocycles. The second-order valence-corrected chi connectivity index (χ2v) is 7.35. The second kappa shape index (κ2) is 7.06. The summed E-state index contributed by atoms with van der Waals surface area (Å²) in [4.78, 5) is 17.1. The molecule has 4 aromatic rings. The summed E-state index contributed by atoms with van der Waals surface area (Å²) in [6, 6.07) is 14.9. The Bertz CT molecular complexity index is 1200. The summed E-state index contributed by atoms with van der Waals surface area (Å²) in [6.07, 6.45) is 1.75. The van der Waals surface area contributed by atoms with Crippen molar-refractivity contribution in [1.82, 2.24) is 14.8 Å². The van der Waals surface area contributed by atoms with Crippen LogP contribution in [0.3, 0.4) is 0 Å². The molecule has 1 aliphatic rings. The fraction of sp³-hybridized carbons (Fsp3) is 0.0952. The molecule has 0 aliphatic carbocycles. The molecule has 0 radical (unpaired) electrons. The third-order valence-electron chi connectivity index (χ3n) is 4.60. The van der Waals surface area contributed by atoms with Gasteiger partial charge in [0.2, 0.25) is 6.79 Å². The number of aryl methyl sites for hydroxylation is 1. The molecule has 1 N–H and O–H groups in total. The molecule has 0 spiro atoms. The van der Waals surface area contributed by atoms with Crippen molar-refractivity contribution in [2.24, 2.45) is 0 Å². The van der Waals surface area contributed by atoms with Crippen LogP contribution in [0.25, 0.3) is 16.9 Å². The zero-order valence-electron chi connectivity index (χ0n) is 15.5. The SMILES string of the molecule is Cc1ccnn1-c1ccc(C(=O)Nc2nc(-c3ccc4c(c3)OCO4)cs2)cc1. The third kappa shape index (κ3) is 3.34. The van der Waals surface area contributed by atoms with Crippen molar-refractivity contribution in [3.05, 3.63) is 71.4 Å². The number of nitrogens with zero attached hydrogens (tertiary/aromatic N) is 3. The van der Waals surface area contributed by atoms with E-state index in [1.807, 2.05) is 53.4 Å². The molecule has 7 nitrogen and oxygen atoms in total. The molecule has 0 unspecified atom stereocenters. The smallest absolute Gasteiger partial charge is 0.257 e. The van der Waals surface area contributed by atoms with Crippen molar-refractivity contribution < 1.29 is 14.3 Å². The van der Waals surface area contributed by atoms with E-state index in [0.29, 0.717) is 16.4 Å². The maximum atomic E-state index is 12.6. The van der Waals surface area contributed by atoms with Gasteiger partial charge in [0.25, 0.3) is 5.91 Å². The van der Waals surface area contributed by atoms with Crippen molar-refractivity contribution in [2.75, 3.05) is 12.1 Å². The fourth-order valence-electron chi connectivity index (χ4n) is 3.08. The molecule has 8 heteroatoms. The lowest BCUT2D eigenvalue weighted by molar-refractivity contribution is 0.102. The molecule has 2 aromatic heterocycles. The van der Waals surface area contributed by atoms with Crippen molar-refractivity contribution in [1.29, 1.82) is 0 Å². The van der Waals surface area contributed by atoms with Crippen molar-refractivity contribution >= 4 is 22.4 Å². The van der Waals surface area contributed by atoms with E-state index in [1.165, 1.54) is 11.3 Å². The Balaban J connectivity index is 1.31. The number of hydrogen-bond donors (Lipinski definition) is 1. The van der Waals surface area contributed by atoms with Crippen LogP contribution in [-0.2, 0) is 0 Å². The van der Waals surface area contributed by atoms with E-state index in [2.05, 4.69) is 15.4 Å². The van der Waals surface area contributed by atoms with E-state index in [4.69, 9.17) is 9.47 Å². The molecule has 3 heterocycles. The molecule has 0 saturated carbocycles. The maximum absolute atomic E-state index is 12.6. The molecule has 5 rings (SSSR count). The minimum absolute atomic E-state index is 0.208. The molecular weight excluding hydrogens is 388 g/mol. The van der Waals surface area contributed by atoms with Crippen LogP contribution in [0.15, 0.2) is 60.1 Å². The van der Waals surface area contributed by atoms with Gasteiger partial charge in [-0.25, -0.2) is 9.67 Å². The van der Waals surface area contributed by atoms with Crippen molar-refractivity contribution in [3.63, 3.8) is 0 Å². The van der Waals surface area contributed by atoms with Gasteiger partial charge in [-0.2, -0.15) is 5.10 Å². The average molecular weight is 404 g/mol. The van der Waals surface area contributed by atoms with Gasteiger partial charge in [-0.15, -0.1) is 11.3 Å². The van der Waals surface area contributed by atoms with Gasteiger partial charge >= 0.3 is 0 Å². The maximum Gasteiger partial charge on any atom is 0.257 e. The summed E-state index contributed by atoms with van der Waals surface area (Å²) in [5.41, 5.74) is 4.17. The number of benzene rings is 2. The van der Waals surface area contributed by atoms with Crippen LogP contribution in [-0.4, -0.2) is 27.5 Å². The van der Waals surface area contributed by atoms with E-state index in [9.17, 15) is 4.79 Å². The molecule has 0 bridgehead atoms. The summed E-state index contributed by atoms with van der Waals surface area (Å²) < 4.78 is 12.6. The monoisotopic (exact) mass is 404 g/mol. The van der Waals surface area contributed by atoms with Gasteiger partial charge in [-0.1, -0.05) is 0 Å². The van der Waals surface area contributed by atoms with Gasteiger partial charge in [0.1, 0.15) is 0 Å². The minimum Gasteiger partial charge on any atom is -0.454 e. The second-order valence-electron chi connectivity index (χ2n) is 6.49. The zero-order chi connectivity index (χ0) is 19.8. The van der Waals surface area contributed by atoms with Crippen LogP contribution in [0.4, 0.5) is 5.13 Å². The van der Waals surface area contributed by atoms with E-state index in [0.717, 1.165) is 28.4 Å². The largest absolute Gasteiger partial charge is 0.454 e. The van der Waals surface area contributed by atoms with E-state index in [-0.39, 0.29) is 12.7 Å². The number of hydrogen-bond acceptors (Lipinski definition) is 6. The summed E-state index contributed by atoms with van der Waals surface area (Å²) in [6.45, 7) is 2.21. The Morgan fingerprint density at radius 3 is 2.72 bits per heavy atom. The summed E-state index contributed by atoms with van der Waals surface area (Å²) in [5.74, 6) is 1.22. The highest BCUT2D eigenvalue weighted by Gasteiger charge is 2.16. The molecular formula is C21H16N4O3S. The van der Waals surface area contributed by atoms with Gasteiger partial charge in [0.05, 0.1) is 11.4 Å². The normalized spacial score (nSPS) is 12.2. The van der Waals surface area contributed by atoms with Crippen molar-refractivity contribution in [3.8, 4) is 28.4 Å². The Kier molecular flexibility index (Phi) is 4.25. The highest BCUT2D eigenvalue weighted by molar-refractivity contribution is 7.14. The number of anilines is 1. The summed E-state index contributed by atoms with van der Waals surface area (Å²) in [7, 11) is 0. The number of carbonyl (C=O) groups excluding carboxylic acids is 1. The first kappa shape index (κ1) is 17.4. The first-order chi connectivity index (χ1) is 14.2. The van der Waals surface area contributed by atoms with Crippen molar-refractivity contribution in [2.45, 2.75) is 6.92 Å². The molecule has 29 heavy (non-hydrogen) atoms. The van der Waals surface area contributed by atoms with Gasteiger partial charge < -0.3 is 9.47 Å². The number of amides is 1. The Labute approximate surface area is 170 Å². The lowest BCUT2D eigenvalue weighted by Gasteiger charge is -2.06. The molecule has 1 aliphatic heterocycles. The average Bonchev–Trinajstić information content (AvgIpc) is 3.48. The molecule has 144 valence electrons. The highest BCUT2D eigenvalue weighted by atomic mass is 32.1. The Hall–Kier alpha value is -3.65. The number of thiazole rings is 1. The van der Waals surface area contributed by atoms with Gasteiger partial charge in [0.15, 0.2) is 16.6 Å². The van der Waals surface area contributed by atoms with E-state index in [1.54, 1.807) is 18.3 Å². The van der Waals surface area contributed by atoms with Crippen LogP contribution in [0.2, 0.25) is 0 Å². The molecule has 1 amide bonds. The predicted molar refractivity (Wildman–Crippen MR) is 110 cm³/mol. The first-order valence-electron chi connectivity index (χ1n) is 8.95. The number of fused-ring (bicyclic) bond motifs is 1. The predicted octanol–water partition coefficient (Wildman–Crippen LogP) is 4.29. The van der Waals surface area contributed by atoms with Gasteiger partial charge in [-0.3, -0.25) is 10.1 Å². The zero-order valence-corrected chi connectivity index (χ0v) is 16.3. The minimum atomic E-state index is -0.208. The van der Waals surface area contributed by atoms with E-state index >= 15 is 0 Å². The number of nitrogens with one attached hydrogen (secondary N) is 1. The van der Waals surface area contributed by atoms with Crippen LogP contribution in [0, 0.1) is 6.92 Å². The highest BCUT2D eigenvalue weighted by Crippen LogP contribution is 2.36. The lowest BCUT2D eigenvalue weighted by Crippen LogP contribution is -2.11. The van der Waals surface area contributed by atoms with Gasteiger partial charge in [0, 0.05) is 28.4 Å². The van der Waals surface area contributed by atoms with Crippen LogP contribution in [0.5, 0.6) is 11.5 Å². The Morgan fingerprint density at radius 1 is 1.10 bits per heavy atom. The fourth-order valence-corrected chi connectivity index (χ4v) is 3.80. The first-order valence-corrected chi connectivity index (χ1v) is 9.83. The quantitative estimate of drug-likeness (QED) is 0.549.